The average Bonchev–Trinajstić information content (AvgIpc) is 3.18. The molecule has 0 atom stereocenters. The second-order valence-corrected chi connectivity index (χ2v) is 5.78. The van der Waals surface area contributed by atoms with E-state index in [4.69, 9.17) is 4.74 Å². The predicted molar refractivity (Wildman–Crippen MR) is 98.6 cm³/mol. The Morgan fingerprint density at radius 1 is 0.885 bits per heavy atom. The molecule has 6 heteroatoms. The van der Waals surface area contributed by atoms with Gasteiger partial charge in [0.25, 0.3) is 0 Å². The van der Waals surface area contributed by atoms with Crippen molar-refractivity contribution >= 4 is 0 Å². The number of hydrogen-bond acceptors (Lipinski definition) is 5. The largest absolute Gasteiger partial charge is 0.497 e. The van der Waals surface area contributed by atoms with Crippen LogP contribution in [0.5, 0.6) is 5.75 Å². The molecular weight excluding hydrogens is 326 g/mol. The van der Waals surface area contributed by atoms with Crippen LogP contribution in [0.4, 0.5) is 0 Å². The maximum atomic E-state index is 5.18. The molecule has 128 valence electrons. The van der Waals surface area contributed by atoms with Gasteiger partial charge in [-0.1, -0.05) is 12.1 Å². The molecular formula is C20H17N5O. The van der Waals surface area contributed by atoms with Crippen molar-refractivity contribution in [3.63, 3.8) is 0 Å². The summed E-state index contributed by atoms with van der Waals surface area (Å²) in [5, 5.41) is 4.43. The minimum Gasteiger partial charge on any atom is -0.497 e. The minimum atomic E-state index is 0.668. The van der Waals surface area contributed by atoms with E-state index in [9.17, 15) is 0 Å². The van der Waals surface area contributed by atoms with Crippen LogP contribution in [0.2, 0.25) is 0 Å². The van der Waals surface area contributed by atoms with Crippen LogP contribution in [-0.4, -0.2) is 31.8 Å². The van der Waals surface area contributed by atoms with Crippen LogP contribution in [0.3, 0.4) is 0 Å². The van der Waals surface area contributed by atoms with Gasteiger partial charge in [-0.2, -0.15) is 5.10 Å². The molecule has 0 spiro atoms. The summed E-state index contributed by atoms with van der Waals surface area (Å²) < 4.78 is 7.08. The van der Waals surface area contributed by atoms with Crippen molar-refractivity contribution < 1.29 is 4.74 Å². The lowest BCUT2D eigenvalue weighted by atomic mass is 10.2. The molecule has 26 heavy (non-hydrogen) atoms. The SMILES string of the molecule is COc1ccc(Cn2cc(-c3ccc(-c4ncccn4)cn3)cn2)cc1. The first-order valence-electron chi connectivity index (χ1n) is 8.21. The molecule has 0 aliphatic heterocycles. The monoisotopic (exact) mass is 343 g/mol. The first-order valence-corrected chi connectivity index (χ1v) is 8.21. The van der Waals surface area contributed by atoms with E-state index in [1.54, 1.807) is 31.8 Å². The van der Waals surface area contributed by atoms with Gasteiger partial charge >= 0.3 is 0 Å². The number of benzene rings is 1. The number of pyridine rings is 1. The van der Waals surface area contributed by atoms with Crippen LogP contribution >= 0.6 is 0 Å². The van der Waals surface area contributed by atoms with Gasteiger partial charge in [0.2, 0.25) is 0 Å². The maximum absolute atomic E-state index is 5.18. The van der Waals surface area contributed by atoms with E-state index in [0.717, 1.165) is 28.1 Å². The van der Waals surface area contributed by atoms with E-state index in [2.05, 4.69) is 20.1 Å². The van der Waals surface area contributed by atoms with Gasteiger partial charge in [0.1, 0.15) is 5.75 Å². The molecule has 3 aromatic heterocycles. The minimum absolute atomic E-state index is 0.668. The quantitative estimate of drug-likeness (QED) is 0.555. The predicted octanol–water partition coefficient (Wildman–Crippen LogP) is 3.46. The third-order valence-corrected chi connectivity index (χ3v) is 4.02. The van der Waals surface area contributed by atoms with E-state index in [1.807, 2.05) is 53.5 Å². The van der Waals surface area contributed by atoms with E-state index in [0.29, 0.717) is 12.4 Å². The normalized spacial score (nSPS) is 10.7. The third kappa shape index (κ3) is 3.44. The Balaban J connectivity index is 1.50. The highest BCUT2D eigenvalue weighted by atomic mass is 16.5. The van der Waals surface area contributed by atoms with Gasteiger partial charge in [0, 0.05) is 35.9 Å². The van der Waals surface area contributed by atoms with Gasteiger partial charge < -0.3 is 4.74 Å². The summed E-state index contributed by atoms with van der Waals surface area (Å²) in [4.78, 5) is 13.0. The second-order valence-electron chi connectivity index (χ2n) is 5.78. The summed E-state index contributed by atoms with van der Waals surface area (Å²) in [6.45, 7) is 0.694. The van der Waals surface area contributed by atoms with E-state index < -0.39 is 0 Å². The van der Waals surface area contributed by atoms with Gasteiger partial charge in [-0.15, -0.1) is 0 Å². The highest BCUT2D eigenvalue weighted by molar-refractivity contribution is 5.61. The fraction of sp³-hybridized carbons (Fsp3) is 0.100. The van der Waals surface area contributed by atoms with Gasteiger partial charge in [0.05, 0.1) is 25.5 Å². The number of rotatable bonds is 5. The highest BCUT2D eigenvalue weighted by Crippen LogP contribution is 2.20. The zero-order valence-corrected chi connectivity index (χ0v) is 14.3. The molecule has 0 radical (unpaired) electrons. The van der Waals surface area contributed by atoms with E-state index in [-0.39, 0.29) is 0 Å². The second kappa shape index (κ2) is 7.14. The summed E-state index contributed by atoms with van der Waals surface area (Å²) >= 11 is 0. The summed E-state index contributed by atoms with van der Waals surface area (Å²) in [6.07, 6.45) is 9.04. The van der Waals surface area contributed by atoms with Gasteiger partial charge in [-0.25, -0.2) is 9.97 Å². The lowest BCUT2D eigenvalue weighted by Gasteiger charge is -2.04. The first kappa shape index (κ1) is 16.0. The van der Waals surface area contributed by atoms with Gasteiger partial charge in [-0.3, -0.25) is 9.67 Å². The van der Waals surface area contributed by atoms with Gasteiger partial charge in [-0.05, 0) is 35.9 Å². The van der Waals surface area contributed by atoms with E-state index in [1.165, 1.54) is 0 Å². The summed E-state index contributed by atoms with van der Waals surface area (Å²) in [5.41, 5.74) is 3.88. The molecule has 4 aromatic rings. The van der Waals surface area contributed by atoms with Crippen molar-refractivity contribution in [3.05, 3.63) is 79.0 Å². The lowest BCUT2D eigenvalue weighted by molar-refractivity contribution is 0.414. The Bertz CT molecular complexity index is 979. The van der Waals surface area contributed by atoms with Crippen LogP contribution in [0, 0.1) is 0 Å². The van der Waals surface area contributed by atoms with Crippen molar-refractivity contribution in [2.24, 2.45) is 0 Å². The van der Waals surface area contributed by atoms with Crippen molar-refractivity contribution in [2.75, 3.05) is 7.11 Å². The van der Waals surface area contributed by atoms with Crippen molar-refractivity contribution in [3.8, 4) is 28.4 Å². The summed E-state index contributed by atoms with van der Waals surface area (Å²) in [7, 11) is 1.66. The Morgan fingerprint density at radius 2 is 1.69 bits per heavy atom. The lowest BCUT2D eigenvalue weighted by Crippen LogP contribution is -1.99. The van der Waals surface area contributed by atoms with Crippen LogP contribution in [0.1, 0.15) is 5.56 Å². The molecule has 0 amide bonds. The first-order chi connectivity index (χ1) is 12.8. The zero-order chi connectivity index (χ0) is 17.8. The van der Waals surface area contributed by atoms with E-state index >= 15 is 0 Å². The standard InChI is InChI=1S/C20H17N5O/c1-26-18-6-3-15(4-7-18)13-25-14-17(12-24-25)19-8-5-16(11-23-19)20-21-9-2-10-22-20/h2-12,14H,13H2,1H3. The van der Waals surface area contributed by atoms with Crippen molar-refractivity contribution in [2.45, 2.75) is 6.54 Å². The Hall–Kier alpha value is -3.54. The molecule has 0 aliphatic carbocycles. The molecule has 0 bridgehead atoms. The molecule has 0 saturated carbocycles. The van der Waals surface area contributed by atoms with Crippen LogP contribution < -0.4 is 4.74 Å². The Morgan fingerprint density at radius 3 is 2.38 bits per heavy atom. The molecule has 0 aliphatic rings. The topological polar surface area (TPSA) is 65.7 Å². The Kier molecular flexibility index (Phi) is 4.38. The fourth-order valence-electron chi connectivity index (χ4n) is 2.65. The average molecular weight is 343 g/mol. The van der Waals surface area contributed by atoms with Crippen LogP contribution in [0.15, 0.2) is 73.4 Å². The number of hydrogen-bond donors (Lipinski definition) is 0. The van der Waals surface area contributed by atoms with Gasteiger partial charge in [0.15, 0.2) is 5.82 Å². The Labute approximate surface area is 151 Å². The smallest absolute Gasteiger partial charge is 0.160 e. The summed E-state index contributed by atoms with van der Waals surface area (Å²) in [6, 6.07) is 13.7. The van der Waals surface area contributed by atoms with Crippen molar-refractivity contribution in [1.82, 2.24) is 24.7 Å². The molecule has 0 unspecified atom stereocenters. The van der Waals surface area contributed by atoms with Crippen LogP contribution in [0.25, 0.3) is 22.6 Å². The fourth-order valence-corrected chi connectivity index (χ4v) is 2.65. The molecule has 6 nitrogen and oxygen atoms in total. The highest BCUT2D eigenvalue weighted by Gasteiger charge is 2.06. The molecule has 0 fully saturated rings. The number of nitrogens with zero attached hydrogens (tertiary/aromatic N) is 5. The number of methoxy groups -OCH3 is 1. The molecule has 4 rings (SSSR count). The maximum Gasteiger partial charge on any atom is 0.160 e. The molecule has 1 aromatic carbocycles. The molecule has 3 heterocycles. The summed E-state index contributed by atoms with van der Waals surface area (Å²) in [5.74, 6) is 1.52. The van der Waals surface area contributed by atoms with Crippen LogP contribution in [-0.2, 0) is 6.54 Å². The third-order valence-electron chi connectivity index (χ3n) is 4.02. The number of ether oxygens (including phenoxy) is 1. The molecule has 0 N–H and O–H groups in total. The molecule has 0 saturated heterocycles. The number of aromatic nitrogens is 5. The zero-order valence-electron chi connectivity index (χ0n) is 14.3. The van der Waals surface area contributed by atoms with Crippen molar-refractivity contribution in [1.29, 1.82) is 0 Å².